The Labute approximate surface area is 101 Å². The summed E-state index contributed by atoms with van der Waals surface area (Å²) >= 11 is 0. The van der Waals surface area contributed by atoms with Crippen molar-refractivity contribution >= 4 is 5.69 Å². The number of hydrogen-bond acceptors (Lipinski definition) is 4. The van der Waals surface area contributed by atoms with Crippen LogP contribution in [0.4, 0.5) is 5.69 Å². The van der Waals surface area contributed by atoms with E-state index in [1.165, 1.54) is 6.42 Å². The monoisotopic (exact) mass is 231 g/mol. The Kier molecular flexibility index (Phi) is 3.94. The van der Waals surface area contributed by atoms with Crippen molar-refractivity contribution in [1.82, 2.24) is 4.98 Å². The number of anilines is 1. The van der Waals surface area contributed by atoms with Gasteiger partial charge >= 0.3 is 0 Å². The molecule has 0 aliphatic heterocycles. The molecule has 0 amide bonds. The highest BCUT2D eigenvalue weighted by Gasteiger charge is 2.19. The molecule has 0 aromatic carbocycles. The van der Waals surface area contributed by atoms with E-state index in [0.717, 1.165) is 31.5 Å². The summed E-state index contributed by atoms with van der Waals surface area (Å²) in [5, 5.41) is 21.6. The van der Waals surface area contributed by atoms with Crippen LogP contribution in [0.1, 0.15) is 31.4 Å². The number of rotatable bonds is 3. The maximum absolute atomic E-state index is 9.58. The first kappa shape index (κ1) is 11.9. The van der Waals surface area contributed by atoms with Crippen molar-refractivity contribution in [1.29, 1.82) is 5.26 Å². The molecule has 2 rings (SSSR count). The van der Waals surface area contributed by atoms with Crippen molar-refractivity contribution in [2.24, 2.45) is 5.92 Å². The van der Waals surface area contributed by atoms with Crippen LogP contribution in [0.15, 0.2) is 18.3 Å². The number of nitrogens with one attached hydrogen (secondary N) is 1. The summed E-state index contributed by atoms with van der Waals surface area (Å²) in [6.07, 6.45) is 5.58. The molecule has 1 aromatic heterocycles. The van der Waals surface area contributed by atoms with E-state index in [-0.39, 0.29) is 6.10 Å². The van der Waals surface area contributed by atoms with Crippen molar-refractivity contribution in [2.75, 3.05) is 11.9 Å². The van der Waals surface area contributed by atoms with Gasteiger partial charge < -0.3 is 10.4 Å². The molecule has 17 heavy (non-hydrogen) atoms. The predicted octanol–water partition coefficient (Wildman–Crippen LogP) is 1.92. The molecule has 1 aliphatic carbocycles. The third-order valence-corrected chi connectivity index (χ3v) is 3.22. The average molecular weight is 231 g/mol. The van der Waals surface area contributed by atoms with E-state index in [2.05, 4.69) is 10.3 Å². The van der Waals surface area contributed by atoms with Crippen LogP contribution in [0.3, 0.4) is 0 Å². The summed E-state index contributed by atoms with van der Waals surface area (Å²) in [6.45, 7) is 0.853. The molecule has 4 heteroatoms. The second-order valence-corrected chi connectivity index (χ2v) is 4.61. The van der Waals surface area contributed by atoms with Crippen LogP contribution in [0.2, 0.25) is 0 Å². The minimum absolute atomic E-state index is 0.136. The first-order chi connectivity index (χ1) is 8.28. The highest BCUT2D eigenvalue weighted by atomic mass is 16.3. The zero-order valence-corrected chi connectivity index (χ0v) is 9.76. The van der Waals surface area contributed by atoms with Crippen molar-refractivity contribution in [3.05, 3.63) is 24.0 Å². The van der Waals surface area contributed by atoms with Gasteiger partial charge in [0, 0.05) is 18.4 Å². The highest BCUT2D eigenvalue weighted by Crippen LogP contribution is 2.24. The lowest BCUT2D eigenvalue weighted by atomic mass is 9.87. The van der Waals surface area contributed by atoms with Gasteiger partial charge in [0.25, 0.3) is 0 Å². The van der Waals surface area contributed by atoms with Gasteiger partial charge in [-0.25, -0.2) is 4.98 Å². The molecule has 90 valence electrons. The van der Waals surface area contributed by atoms with Crippen LogP contribution in [0, 0.1) is 17.2 Å². The summed E-state index contributed by atoms with van der Waals surface area (Å²) < 4.78 is 0. The average Bonchev–Trinajstić information content (AvgIpc) is 2.37. The molecule has 2 N–H and O–H groups in total. The molecule has 0 saturated heterocycles. The summed E-state index contributed by atoms with van der Waals surface area (Å²) in [6, 6.07) is 5.63. The number of aromatic nitrogens is 1. The number of aliphatic hydroxyl groups is 1. The Morgan fingerprint density at radius 2 is 2.41 bits per heavy atom. The predicted molar refractivity (Wildman–Crippen MR) is 65.4 cm³/mol. The number of pyridine rings is 1. The van der Waals surface area contributed by atoms with Gasteiger partial charge in [0.05, 0.1) is 6.10 Å². The topological polar surface area (TPSA) is 68.9 Å². The standard InChI is InChI=1S/C13H17N3O/c14-8-12-7-11(4-5-15-12)16-9-10-2-1-3-13(17)6-10/h4-5,7,10,13,17H,1-3,6,9H2,(H,15,16). The number of nitriles is 1. The Morgan fingerprint density at radius 1 is 1.53 bits per heavy atom. The molecule has 1 aromatic rings. The second kappa shape index (κ2) is 5.65. The quantitative estimate of drug-likeness (QED) is 0.833. The van der Waals surface area contributed by atoms with Gasteiger partial charge in [-0.3, -0.25) is 0 Å². The number of aliphatic hydroxyl groups excluding tert-OH is 1. The fraction of sp³-hybridized carbons (Fsp3) is 0.538. The molecule has 1 heterocycles. The second-order valence-electron chi connectivity index (χ2n) is 4.61. The van der Waals surface area contributed by atoms with E-state index in [1.54, 1.807) is 12.3 Å². The summed E-state index contributed by atoms with van der Waals surface area (Å²) in [7, 11) is 0. The molecule has 1 fully saturated rings. The Balaban J connectivity index is 1.87. The molecule has 2 atom stereocenters. The molecular weight excluding hydrogens is 214 g/mol. The van der Waals surface area contributed by atoms with Gasteiger partial charge in [-0.2, -0.15) is 5.26 Å². The molecule has 0 bridgehead atoms. The van der Waals surface area contributed by atoms with E-state index in [0.29, 0.717) is 11.6 Å². The van der Waals surface area contributed by atoms with E-state index in [4.69, 9.17) is 5.26 Å². The van der Waals surface area contributed by atoms with Crippen molar-refractivity contribution < 1.29 is 5.11 Å². The van der Waals surface area contributed by atoms with Gasteiger partial charge in [-0.05, 0) is 37.3 Å². The lowest BCUT2D eigenvalue weighted by molar-refractivity contribution is 0.105. The summed E-state index contributed by atoms with van der Waals surface area (Å²) in [4.78, 5) is 3.92. The first-order valence-electron chi connectivity index (χ1n) is 6.06. The van der Waals surface area contributed by atoms with Crippen molar-refractivity contribution in [2.45, 2.75) is 31.8 Å². The lowest BCUT2D eigenvalue weighted by Gasteiger charge is -2.26. The summed E-state index contributed by atoms with van der Waals surface area (Å²) in [5.41, 5.74) is 1.36. The van der Waals surface area contributed by atoms with E-state index in [9.17, 15) is 5.11 Å². The van der Waals surface area contributed by atoms with Crippen LogP contribution in [-0.4, -0.2) is 22.7 Å². The molecule has 0 radical (unpaired) electrons. The van der Waals surface area contributed by atoms with E-state index < -0.39 is 0 Å². The van der Waals surface area contributed by atoms with Crippen molar-refractivity contribution in [3.63, 3.8) is 0 Å². The number of nitrogens with zero attached hydrogens (tertiary/aromatic N) is 2. The Bertz CT molecular complexity index is 413. The van der Waals surface area contributed by atoms with Gasteiger partial charge in [0.1, 0.15) is 11.8 Å². The fourth-order valence-corrected chi connectivity index (χ4v) is 2.31. The summed E-state index contributed by atoms with van der Waals surface area (Å²) in [5.74, 6) is 0.525. The van der Waals surface area contributed by atoms with Crippen LogP contribution in [-0.2, 0) is 0 Å². The van der Waals surface area contributed by atoms with Crippen LogP contribution >= 0.6 is 0 Å². The zero-order valence-electron chi connectivity index (χ0n) is 9.76. The van der Waals surface area contributed by atoms with Gasteiger partial charge in [0.15, 0.2) is 0 Å². The zero-order chi connectivity index (χ0) is 12.1. The first-order valence-corrected chi connectivity index (χ1v) is 6.06. The molecule has 1 saturated carbocycles. The Hall–Kier alpha value is -1.60. The van der Waals surface area contributed by atoms with Crippen molar-refractivity contribution in [3.8, 4) is 6.07 Å². The van der Waals surface area contributed by atoms with Gasteiger partial charge in [0.2, 0.25) is 0 Å². The van der Waals surface area contributed by atoms with Gasteiger partial charge in [-0.1, -0.05) is 6.42 Å². The smallest absolute Gasteiger partial charge is 0.142 e. The van der Waals surface area contributed by atoms with Crippen LogP contribution in [0.5, 0.6) is 0 Å². The third-order valence-electron chi connectivity index (χ3n) is 3.22. The lowest BCUT2D eigenvalue weighted by Crippen LogP contribution is -2.25. The van der Waals surface area contributed by atoms with Gasteiger partial charge in [-0.15, -0.1) is 0 Å². The molecule has 4 nitrogen and oxygen atoms in total. The maximum Gasteiger partial charge on any atom is 0.142 e. The minimum atomic E-state index is -0.136. The number of hydrogen-bond donors (Lipinski definition) is 2. The molecular formula is C13H17N3O. The Morgan fingerprint density at radius 3 is 3.18 bits per heavy atom. The maximum atomic E-state index is 9.58. The molecule has 0 spiro atoms. The fourth-order valence-electron chi connectivity index (χ4n) is 2.31. The van der Waals surface area contributed by atoms with E-state index in [1.807, 2.05) is 12.1 Å². The molecule has 2 unspecified atom stereocenters. The van der Waals surface area contributed by atoms with Crippen LogP contribution in [0.25, 0.3) is 0 Å². The SMILES string of the molecule is N#Cc1cc(NCC2CCCC(O)C2)ccn1. The van der Waals surface area contributed by atoms with E-state index >= 15 is 0 Å². The molecule has 1 aliphatic rings. The highest BCUT2D eigenvalue weighted by molar-refractivity contribution is 5.45. The van der Waals surface area contributed by atoms with Crippen LogP contribution < -0.4 is 5.32 Å². The normalized spacial score (nSPS) is 24.0. The third kappa shape index (κ3) is 3.43. The minimum Gasteiger partial charge on any atom is -0.393 e. The largest absolute Gasteiger partial charge is 0.393 e.